The van der Waals surface area contributed by atoms with Crippen molar-refractivity contribution in [1.29, 1.82) is 0 Å². The lowest BCUT2D eigenvalue weighted by Crippen LogP contribution is -2.30. The summed E-state index contributed by atoms with van der Waals surface area (Å²) in [6, 6.07) is 8.94. The first kappa shape index (κ1) is 23.2. The first-order chi connectivity index (χ1) is 14.2. The third-order valence-corrected chi connectivity index (χ3v) is 5.31. The van der Waals surface area contributed by atoms with Crippen LogP contribution in [0, 0.1) is 0 Å². The van der Waals surface area contributed by atoms with Gasteiger partial charge in [0, 0.05) is 40.9 Å². The lowest BCUT2D eigenvalue weighted by molar-refractivity contribution is -0.137. The van der Waals surface area contributed by atoms with Crippen LogP contribution < -0.4 is 21.3 Å². The van der Waals surface area contributed by atoms with Crippen LogP contribution in [0.3, 0.4) is 0 Å². The van der Waals surface area contributed by atoms with Gasteiger partial charge >= 0.3 is 6.18 Å². The average Bonchev–Trinajstić information content (AvgIpc) is 3.15. The van der Waals surface area contributed by atoms with Crippen LogP contribution in [0.5, 0.6) is 0 Å². The Kier molecular flexibility index (Phi) is 6.68. The van der Waals surface area contributed by atoms with Crippen LogP contribution in [0.2, 0.25) is 5.02 Å². The third-order valence-electron chi connectivity index (χ3n) is 5.07. The van der Waals surface area contributed by atoms with Gasteiger partial charge in [0.25, 0.3) is 0 Å². The molecule has 2 aromatic carbocycles. The molecule has 31 heavy (non-hydrogen) atoms. The quantitative estimate of drug-likeness (QED) is 0.471. The van der Waals surface area contributed by atoms with E-state index in [-0.39, 0.29) is 29.7 Å². The molecular weight excluding hydrogens is 452 g/mol. The van der Waals surface area contributed by atoms with Crippen molar-refractivity contribution in [3.05, 3.63) is 47.0 Å². The molecule has 1 aliphatic heterocycles. The van der Waals surface area contributed by atoms with Gasteiger partial charge in [0.05, 0.1) is 11.1 Å². The van der Waals surface area contributed by atoms with Gasteiger partial charge in [0.15, 0.2) is 0 Å². The van der Waals surface area contributed by atoms with Crippen molar-refractivity contribution in [2.75, 3.05) is 36.1 Å². The number of anilines is 4. The number of nitrogen functional groups attached to an aromatic ring is 1. The molecule has 1 aliphatic rings. The average molecular weight is 473 g/mol. The number of nitrogens with zero attached hydrogens (tertiary/aromatic N) is 3. The molecule has 0 spiro atoms. The molecule has 0 aliphatic carbocycles. The molecule has 6 nitrogen and oxygen atoms in total. The van der Waals surface area contributed by atoms with Gasteiger partial charge in [-0.05, 0) is 49.9 Å². The summed E-state index contributed by atoms with van der Waals surface area (Å²) in [5.41, 5.74) is 5.57. The monoisotopic (exact) mass is 472 g/mol. The Hall–Kier alpha value is -2.49. The number of halogens is 5. The normalized spacial score (nSPS) is 16.4. The van der Waals surface area contributed by atoms with E-state index in [1.54, 1.807) is 12.1 Å². The van der Waals surface area contributed by atoms with Crippen molar-refractivity contribution in [2.24, 2.45) is 0 Å². The molecule has 0 bridgehead atoms. The molecule has 1 aromatic heterocycles. The summed E-state index contributed by atoms with van der Waals surface area (Å²) >= 11 is 6.13. The maximum Gasteiger partial charge on any atom is 0.416 e. The highest BCUT2D eigenvalue weighted by atomic mass is 35.5. The van der Waals surface area contributed by atoms with Crippen LogP contribution in [0.4, 0.5) is 36.3 Å². The van der Waals surface area contributed by atoms with E-state index in [2.05, 4.69) is 25.5 Å². The molecule has 1 fully saturated rings. The Morgan fingerprint density at radius 1 is 1.16 bits per heavy atom. The molecule has 4 rings (SSSR count). The molecule has 0 radical (unpaired) electrons. The summed E-state index contributed by atoms with van der Waals surface area (Å²) in [6.45, 7) is 1.57. The number of alkyl halides is 3. The lowest BCUT2D eigenvalue weighted by atomic mass is 10.1. The number of likely N-dealkylation sites (N-methyl/N-ethyl adjacent to an activating group) is 1. The highest BCUT2D eigenvalue weighted by molar-refractivity contribution is 6.31. The van der Waals surface area contributed by atoms with E-state index in [0.717, 1.165) is 37.0 Å². The fourth-order valence-electron chi connectivity index (χ4n) is 3.59. The van der Waals surface area contributed by atoms with Crippen molar-refractivity contribution in [3.8, 4) is 0 Å². The summed E-state index contributed by atoms with van der Waals surface area (Å²) in [6.07, 6.45) is -3.55. The first-order valence-corrected chi connectivity index (χ1v) is 9.75. The standard InChI is InChI=1S/C20H20ClF3N6.ClH/c1-26-14-4-5-30(10-14)18-16-3-2-12(21)8-17(16)28-19(29-18)27-15-7-11(20(22,23)24)6-13(25)9-15;/h2-3,6-9,14,26H,4-5,10,25H2,1H3,(H,27,28,29);1H. The van der Waals surface area contributed by atoms with E-state index in [4.69, 9.17) is 17.3 Å². The molecule has 2 heterocycles. The van der Waals surface area contributed by atoms with Crippen molar-refractivity contribution >= 4 is 58.1 Å². The minimum atomic E-state index is -4.51. The third kappa shape index (κ3) is 5.06. The van der Waals surface area contributed by atoms with Crippen LogP contribution in [0.1, 0.15) is 12.0 Å². The van der Waals surface area contributed by atoms with Crippen LogP contribution in [-0.2, 0) is 6.18 Å². The zero-order valence-electron chi connectivity index (χ0n) is 16.5. The highest BCUT2D eigenvalue weighted by Gasteiger charge is 2.31. The number of rotatable bonds is 4. The van der Waals surface area contributed by atoms with E-state index in [0.29, 0.717) is 22.4 Å². The minimum absolute atomic E-state index is 0. The molecular formula is C20H21Cl2F3N6. The Morgan fingerprint density at radius 2 is 1.94 bits per heavy atom. The second-order valence-electron chi connectivity index (χ2n) is 7.22. The zero-order chi connectivity index (χ0) is 21.5. The first-order valence-electron chi connectivity index (χ1n) is 9.37. The van der Waals surface area contributed by atoms with Crippen molar-refractivity contribution in [2.45, 2.75) is 18.6 Å². The van der Waals surface area contributed by atoms with Crippen LogP contribution in [-0.4, -0.2) is 36.1 Å². The van der Waals surface area contributed by atoms with Crippen molar-refractivity contribution in [1.82, 2.24) is 15.3 Å². The summed E-state index contributed by atoms with van der Waals surface area (Å²) < 4.78 is 39.4. The Bertz CT molecular complexity index is 1090. The van der Waals surface area contributed by atoms with Gasteiger partial charge in [-0.3, -0.25) is 0 Å². The summed E-state index contributed by atoms with van der Waals surface area (Å²) in [4.78, 5) is 11.2. The Labute approximate surface area is 188 Å². The smallest absolute Gasteiger partial charge is 0.399 e. The van der Waals surface area contributed by atoms with Gasteiger partial charge in [-0.1, -0.05) is 11.6 Å². The van der Waals surface area contributed by atoms with E-state index < -0.39 is 11.7 Å². The predicted octanol–water partition coefficient (Wildman–Crippen LogP) is 4.85. The highest BCUT2D eigenvalue weighted by Crippen LogP contribution is 2.34. The molecule has 1 saturated heterocycles. The zero-order valence-corrected chi connectivity index (χ0v) is 18.1. The number of fused-ring (bicyclic) bond motifs is 1. The number of hydrogen-bond donors (Lipinski definition) is 3. The molecule has 3 aromatic rings. The molecule has 1 atom stereocenters. The van der Waals surface area contributed by atoms with Gasteiger partial charge in [-0.25, -0.2) is 4.98 Å². The second kappa shape index (κ2) is 8.94. The topological polar surface area (TPSA) is 79.1 Å². The molecule has 0 amide bonds. The number of nitrogens with one attached hydrogen (secondary N) is 2. The number of benzene rings is 2. The van der Waals surface area contributed by atoms with Gasteiger partial charge < -0.3 is 21.3 Å². The SMILES string of the molecule is CNC1CCN(c2nc(Nc3cc(N)cc(C(F)(F)F)c3)nc3cc(Cl)ccc23)C1.Cl. The summed E-state index contributed by atoms with van der Waals surface area (Å²) in [7, 11) is 1.91. The molecule has 4 N–H and O–H groups in total. The number of nitrogens with two attached hydrogens (primary N) is 1. The minimum Gasteiger partial charge on any atom is -0.399 e. The Morgan fingerprint density at radius 3 is 2.61 bits per heavy atom. The number of hydrogen-bond acceptors (Lipinski definition) is 6. The van der Waals surface area contributed by atoms with Crippen LogP contribution in [0.15, 0.2) is 36.4 Å². The maximum absolute atomic E-state index is 13.1. The van der Waals surface area contributed by atoms with Crippen LogP contribution in [0.25, 0.3) is 10.9 Å². The second-order valence-corrected chi connectivity index (χ2v) is 7.66. The fourth-order valence-corrected chi connectivity index (χ4v) is 3.75. The summed E-state index contributed by atoms with van der Waals surface area (Å²) in [5, 5.41) is 7.46. The maximum atomic E-state index is 13.1. The number of aromatic nitrogens is 2. The van der Waals surface area contributed by atoms with Gasteiger partial charge in [-0.15, -0.1) is 12.4 Å². The largest absolute Gasteiger partial charge is 0.416 e. The van der Waals surface area contributed by atoms with E-state index >= 15 is 0 Å². The molecule has 0 saturated carbocycles. The molecule has 11 heteroatoms. The summed E-state index contributed by atoms with van der Waals surface area (Å²) in [5.74, 6) is 0.878. The molecule has 1 unspecified atom stereocenters. The van der Waals surface area contributed by atoms with E-state index in [1.807, 2.05) is 13.1 Å². The van der Waals surface area contributed by atoms with Gasteiger partial charge in [0.1, 0.15) is 5.82 Å². The van der Waals surface area contributed by atoms with Gasteiger partial charge in [0.2, 0.25) is 5.95 Å². The van der Waals surface area contributed by atoms with E-state index in [9.17, 15) is 13.2 Å². The molecule has 166 valence electrons. The van der Waals surface area contributed by atoms with Crippen molar-refractivity contribution in [3.63, 3.8) is 0 Å². The van der Waals surface area contributed by atoms with E-state index in [1.165, 1.54) is 6.07 Å². The predicted molar refractivity (Wildman–Crippen MR) is 121 cm³/mol. The van der Waals surface area contributed by atoms with Crippen molar-refractivity contribution < 1.29 is 13.2 Å². The fraction of sp³-hybridized carbons (Fsp3) is 0.300. The Balaban J connectivity index is 0.00000272. The van der Waals surface area contributed by atoms with Crippen LogP contribution >= 0.6 is 24.0 Å². The lowest BCUT2D eigenvalue weighted by Gasteiger charge is -2.20. The van der Waals surface area contributed by atoms with Gasteiger partial charge in [-0.2, -0.15) is 18.2 Å².